The Kier molecular flexibility index (Phi) is 5.14. The van der Waals surface area contributed by atoms with Gasteiger partial charge in [0.15, 0.2) is 0 Å². The lowest BCUT2D eigenvalue weighted by molar-refractivity contribution is -0.112. The molecule has 7 heteroatoms. The lowest BCUT2D eigenvalue weighted by atomic mass is 10.1. The smallest absolute Gasteiger partial charge is 0.297 e. The van der Waals surface area contributed by atoms with Crippen molar-refractivity contribution in [2.75, 3.05) is 5.32 Å². The first-order valence-electron chi connectivity index (χ1n) is 9.56. The molecule has 4 aromatic rings. The quantitative estimate of drug-likeness (QED) is 0.398. The average Bonchev–Trinajstić information content (AvgIpc) is 3.38. The number of anilines is 1. The number of nitrogens with one attached hydrogen (secondary N) is 1. The first-order valence-corrected chi connectivity index (χ1v) is 9.56. The number of rotatable bonds is 6. The number of nitriles is 1. The van der Waals surface area contributed by atoms with Gasteiger partial charge in [0.1, 0.15) is 5.82 Å². The lowest BCUT2D eigenvalue weighted by Gasteiger charge is -2.06. The summed E-state index contributed by atoms with van der Waals surface area (Å²) in [5.41, 5.74) is 3.50. The Morgan fingerprint density at radius 2 is 1.93 bits per heavy atom. The van der Waals surface area contributed by atoms with Gasteiger partial charge in [-0.2, -0.15) is 10.4 Å². The SMILES string of the molecule is CCn1nccc1NC(=O)C(=O)c1cc(Cc2ccc(C#N)cc2)n2ccccc12. The molecule has 0 aliphatic rings. The number of hydrogen-bond acceptors (Lipinski definition) is 4. The number of nitrogens with zero attached hydrogens (tertiary/aromatic N) is 4. The second kappa shape index (κ2) is 8.05. The number of carbonyl (C=O) groups is 2. The maximum absolute atomic E-state index is 12.9. The van der Waals surface area contributed by atoms with E-state index in [-0.39, 0.29) is 0 Å². The molecule has 0 saturated heterocycles. The number of ketones is 1. The molecule has 148 valence electrons. The minimum atomic E-state index is -0.702. The molecule has 0 spiro atoms. The van der Waals surface area contributed by atoms with E-state index in [1.807, 2.05) is 47.9 Å². The van der Waals surface area contributed by atoms with E-state index in [1.54, 1.807) is 35.1 Å². The summed E-state index contributed by atoms with van der Waals surface area (Å²) in [7, 11) is 0. The summed E-state index contributed by atoms with van der Waals surface area (Å²) in [5.74, 6) is -0.822. The summed E-state index contributed by atoms with van der Waals surface area (Å²) >= 11 is 0. The molecule has 1 N–H and O–H groups in total. The molecule has 0 bridgehead atoms. The molecule has 3 aromatic heterocycles. The highest BCUT2D eigenvalue weighted by Gasteiger charge is 2.22. The molecule has 0 aliphatic heterocycles. The predicted octanol–water partition coefficient (Wildman–Crippen LogP) is 3.44. The van der Waals surface area contributed by atoms with E-state index in [9.17, 15) is 9.59 Å². The third kappa shape index (κ3) is 3.59. The van der Waals surface area contributed by atoms with Crippen molar-refractivity contribution in [2.45, 2.75) is 19.9 Å². The van der Waals surface area contributed by atoms with Gasteiger partial charge in [-0.05, 0) is 42.8 Å². The van der Waals surface area contributed by atoms with Crippen LogP contribution < -0.4 is 5.32 Å². The van der Waals surface area contributed by atoms with Crippen LogP contribution in [0.25, 0.3) is 5.52 Å². The fourth-order valence-corrected chi connectivity index (χ4v) is 3.43. The Morgan fingerprint density at radius 3 is 2.67 bits per heavy atom. The van der Waals surface area contributed by atoms with Gasteiger partial charge in [0, 0.05) is 30.9 Å². The van der Waals surface area contributed by atoms with E-state index < -0.39 is 11.7 Å². The molecule has 1 amide bonds. The second-order valence-electron chi connectivity index (χ2n) is 6.81. The molecule has 7 nitrogen and oxygen atoms in total. The van der Waals surface area contributed by atoms with Crippen LogP contribution in [0.15, 0.2) is 67.0 Å². The van der Waals surface area contributed by atoms with Crippen LogP contribution >= 0.6 is 0 Å². The van der Waals surface area contributed by atoms with Crippen LogP contribution in [0.5, 0.6) is 0 Å². The number of Topliss-reactive ketones (excluding diaryl/α,β-unsaturated/α-hetero) is 1. The number of amides is 1. The average molecular weight is 397 g/mol. The van der Waals surface area contributed by atoms with Crippen molar-refractivity contribution in [3.63, 3.8) is 0 Å². The minimum Gasteiger partial charge on any atom is -0.320 e. The van der Waals surface area contributed by atoms with Crippen LogP contribution in [-0.4, -0.2) is 25.9 Å². The summed E-state index contributed by atoms with van der Waals surface area (Å²) in [6.45, 7) is 2.49. The molecule has 4 rings (SSSR count). The number of pyridine rings is 1. The van der Waals surface area contributed by atoms with E-state index in [0.29, 0.717) is 35.4 Å². The van der Waals surface area contributed by atoms with Crippen molar-refractivity contribution in [3.05, 3.63) is 89.4 Å². The van der Waals surface area contributed by atoms with Crippen LogP contribution in [0.4, 0.5) is 5.82 Å². The van der Waals surface area contributed by atoms with Gasteiger partial charge in [0.05, 0.1) is 28.9 Å². The Bertz CT molecular complexity index is 1280. The van der Waals surface area contributed by atoms with Gasteiger partial charge in [-0.3, -0.25) is 9.59 Å². The molecule has 3 heterocycles. The van der Waals surface area contributed by atoms with Crippen molar-refractivity contribution >= 4 is 23.0 Å². The second-order valence-corrected chi connectivity index (χ2v) is 6.81. The monoisotopic (exact) mass is 397 g/mol. The van der Waals surface area contributed by atoms with Crippen molar-refractivity contribution in [1.82, 2.24) is 14.2 Å². The summed E-state index contributed by atoms with van der Waals surface area (Å²) in [6, 6.07) is 18.4. The van der Waals surface area contributed by atoms with Gasteiger partial charge in [0.25, 0.3) is 11.7 Å². The molecule has 0 saturated carbocycles. The molecule has 30 heavy (non-hydrogen) atoms. The maximum Gasteiger partial charge on any atom is 0.297 e. The van der Waals surface area contributed by atoms with E-state index in [0.717, 1.165) is 11.3 Å². The van der Waals surface area contributed by atoms with Gasteiger partial charge in [-0.25, -0.2) is 4.68 Å². The van der Waals surface area contributed by atoms with Gasteiger partial charge in [-0.15, -0.1) is 0 Å². The lowest BCUT2D eigenvalue weighted by Crippen LogP contribution is -2.24. The summed E-state index contributed by atoms with van der Waals surface area (Å²) in [4.78, 5) is 25.6. The largest absolute Gasteiger partial charge is 0.320 e. The molecule has 0 aliphatic carbocycles. The molecule has 0 unspecified atom stereocenters. The topological polar surface area (TPSA) is 92.2 Å². The minimum absolute atomic E-state index is 0.347. The van der Waals surface area contributed by atoms with Crippen molar-refractivity contribution in [3.8, 4) is 6.07 Å². The Balaban J connectivity index is 1.65. The first kappa shape index (κ1) is 19.2. The third-order valence-corrected chi connectivity index (χ3v) is 4.93. The van der Waals surface area contributed by atoms with Crippen LogP contribution in [0.3, 0.4) is 0 Å². The highest BCUT2D eigenvalue weighted by atomic mass is 16.2. The third-order valence-electron chi connectivity index (χ3n) is 4.93. The van der Waals surface area contributed by atoms with E-state index in [4.69, 9.17) is 5.26 Å². The zero-order chi connectivity index (χ0) is 21.1. The maximum atomic E-state index is 12.9. The van der Waals surface area contributed by atoms with Gasteiger partial charge in [-0.1, -0.05) is 18.2 Å². The van der Waals surface area contributed by atoms with E-state index in [2.05, 4.69) is 16.5 Å². The molecule has 0 radical (unpaired) electrons. The fourth-order valence-electron chi connectivity index (χ4n) is 3.43. The van der Waals surface area contributed by atoms with Gasteiger partial charge >= 0.3 is 0 Å². The Labute approximate surface area is 173 Å². The number of benzene rings is 1. The van der Waals surface area contributed by atoms with Crippen molar-refractivity contribution < 1.29 is 9.59 Å². The number of fused-ring (bicyclic) bond motifs is 1. The van der Waals surface area contributed by atoms with Gasteiger partial charge < -0.3 is 9.72 Å². The number of aryl methyl sites for hydroxylation is 1. The normalized spacial score (nSPS) is 10.7. The van der Waals surface area contributed by atoms with Gasteiger partial charge in [0.2, 0.25) is 0 Å². The standard InChI is InChI=1S/C23H19N5O2/c1-2-28-21(10-11-25-28)26-23(30)22(29)19-14-18(27-12-4-3-5-20(19)27)13-16-6-8-17(15-24)9-7-16/h3-12,14H,2,13H2,1H3,(H,26,30). The van der Waals surface area contributed by atoms with E-state index >= 15 is 0 Å². The summed E-state index contributed by atoms with van der Waals surface area (Å²) < 4.78 is 3.52. The Hall–Kier alpha value is -4.18. The highest BCUT2D eigenvalue weighted by molar-refractivity contribution is 6.47. The number of hydrogen-bond donors (Lipinski definition) is 1. The van der Waals surface area contributed by atoms with Crippen LogP contribution in [0, 0.1) is 11.3 Å². The van der Waals surface area contributed by atoms with Crippen molar-refractivity contribution in [1.29, 1.82) is 5.26 Å². The molecule has 0 fully saturated rings. The zero-order valence-electron chi connectivity index (χ0n) is 16.4. The molecule has 1 aromatic carbocycles. The molecule has 0 atom stereocenters. The van der Waals surface area contributed by atoms with E-state index in [1.165, 1.54) is 0 Å². The number of carbonyl (C=O) groups excluding carboxylic acids is 2. The first-order chi connectivity index (χ1) is 14.6. The fraction of sp³-hybridized carbons (Fsp3) is 0.130. The summed E-state index contributed by atoms with van der Waals surface area (Å²) in [5, 5.41) is 15.7. The van der Waals surface area contributed by atoms with Crippen molar-refractivity contribution in [2.24, 2.45) is 0 Å². The summed E-state index contributed by atoms with van der Waals surface area (Å²) in [6.07, 6.45) is 4.01. The Morgan fingerprint density at radius 1 is 1.13 bits per heavy atom. The predicted molar refractivity (Wildman–Crippen MR) is 112 cm³/mol. The van der Waals surface area contributed by atoms with Crippen LogP contribution in [-0.2, 0) is 17.8 Å². The molecular weight excluding hydrogens is 378 g/mol. The molecular formula is C23H19N5O2. The zero-order valence-corrected chi connectivity index (χ0v) is 16.4. The number of aromatic nitrogens is 3. The van der Waals surface area contributed by atoms with Crippen LogP contribution in [0.2, 0.25) is 0 Å². The van der Waals surface area contributed by atoms with Crippen LogP contribution in [0.1, 0.15) is 34.1 Å². The highest BCUT2D eigenvalue weighted by Crippen LogP contribution is 2.21.